The molecule has 3 aliphatic rings. The highest BCUT2D eigenvalue weighted by Crippen LogP contribution is 2.33. The van der Waals surface area contributed by atoms with Crippen LogP contribution in [0, 0.1) is 23.7 Å². The van der Waals surface area contributed by atoms with Gasteiger partial charge in [-0.1, -0.05) is 46.0 Å². The van der Waals surface area contributed by atoms with E-state index in [1.807, 2.05) is 0 Å². The molecule has 3 atom stereocenters. The van der Waals surface area contributed by atoms with E-state index in [0.29, 0.717) is 24.3 Å². The molecule has 2 heterocycles. The molecule has 0 bridgehead atoms. The molecule has 0 aromatic rings. The summed E-state index contributed by atoms with van der Waals surface area (Å²) in [5.41, 5.74) is 0. The molecule has 5 nitrogen and oxygen atoms in total. The molecule has 6 heteroatoms. The molecule has 1 aliphatic carbocycles. The van der Waals surface area contributed by atoms with Crippen molar-refractivity contribution in [1.82, 2.24) is 15.5 Å². The van der Waals surface area contributed by atoms with E-state index in [2.05, 4.69) is 29.4 Å². The summed E-state index contributed by atoms with van der Waals surface area (Å²) in [5.74, 6) is 2.21. The highest BCUT2D eigenvalue weighted by Gasteiger charge is 2.33. The molecule has 3 rings (SSSR count). The third-order valence-electron chi connectivity index (χ3n) is 7.21. The van der Waals surface area contributed by atoms with E-state index in [9.17, 15) is 9.59 Å². The van der Waals surface area contributed by atoms with Gasteiger partial charge in [-0.05, 0) is 56.4 Å². The van der Waals surface area contributed by atoms with E-state index in [0.717, 1.165) is 57.7 Å². The fraction of sp³-hybridized carbons (Fsp3) is 0.913. The Morgan fingerprint density at radius 1 is 1.00 bits per heavy atom. The number of nitrogens with zero attached hydrogens (tertiary/aromatic N) is 1. The Kier molecular flexibility index (Phi) is 10.2. The van der Waals surface area contributed by atoms with E-state index >= 15 is 0 Å². The van der Waals surface area contributed by atoms with E-state index in [4.69, 9.17) is 0 Å². The van der Waals surface area contributed by atoms with E-state index in [1.165, 1.54) is 32.1 Å². The summed E-state index contributed by atoms with van der Waals surface area (Å²) in [6.07, 6.45) is 11.9. The maximum Gasteiger partial charge on any atom is 0.237 e. The van der Waals surface area contributed by atoms with Crippen molar-refractivity contribution in [3.8, 4) is 0 Å². The number of rotatable bonds is 7. The predicted octanol–water partition coefficient (Wildman–Crippen LogP) is 3.76. The van der Waals surface area contributed by atoms with Crippen molar-refractivity contribution < 1.29 is 9.59 Å². The third-order valence-corrected chi connectivity index (χ3v) is 7.21. The molecule has 29 heavy (non-hydrogen) atoms. The zero-order valence-corrected chi connectivity index (χ0v) is 19.3. The summed E-state index contributed by atoms with van der Waals surface area (Å²) in [6.45, 7) is 7.77. The maximum atomic E-state index is 13.3. The van der Waals surface area contributed by atoms with Gasteiger partial charge in [-0.3, -0.25) is 9.59 Å². The Balaban J connectivity index is 0.00000300. The third kappa shape index (κ3) is 7.13. The van der Waals surface area contributed by atoms with Crippen molar-refractivity contribution in [2.24, 2.45) is 23.7 Å². The van der Waals surface area contributed by atoms with Crippen LogP contribution in [-0.4, -0.2) is 48.9 Å². The van der Waals surface area contributed by atoms with Crippen LogP contribution in [0.2, 0.25) is 0 Å². The van der Waals surface area contributed by atoms with E-state index < -0.39 is 0 Å². The number of nitrogens with one attached hydrogen (secondary N) is 2. The number of hydrogen-bond donors (Lipinski definition) is 2. The van der Waals surface area contributed by atoms with Crippen molar-refractivity contribution in [1.29, 1.82) is 0 Å². The normalized spacial score (nSPS) is 26.8. The topological polar surface area (TPSA) is 61.4 Å². The first-order chi connectivity index (χ1) is 13.5. The second-order valence-corrected chi connectivity index (χ2v) is 9.78. The quantitative estimate of drug-likeness (QED) is 0.650. The van der Waals surface area contributed by atoms with Crippen LogP contribution in [0.15, 0.2) is 0 Å². The summed E-state index contributed by atoms with van der Waals surface area (Å²) in [7, 11) is 0. The zero-order valence-electron chi connectivity index (χ0n) is 18.5. The molecule has 0 aromatic heterocycles. The van der Waals surface area contributed by atoms with Crippen LogP contribution < -0.4 is 10.6 Å². The Morgan fingerprint density at radius 3 is 2.38 bits per heavy atom. The Hall–Kier alpha value is -0.810. The number of halogens is 1. The number of amides is 2. The van der Waals surface area contributed by atoms with Crippen molar-refractivity contribution >= 4 is 24.2 Å². The van der Waals surface area contributed by atoms with Crippen LogP contribution in [-0.2, 0) is 9.59 Å². The van der Waals surface area contributed by atoms with Crippen LogP contribution in [0.1, 0.15) is 78.1 Å². The minimum absolute atomic E-state index is 0. The van der Waals surface area contributed by atoms with Gasteiger partial charge in [-0.2, -0.15) is 0 Å². The summed E-state index contributed by atoms with van der Waals surface area (Å²) in [4.78, 5) is 27.7. The van der Waals surface area contributed by atoms with Gasteiger partial charge in [-0.15, -0.1) is 12.4 Å². The number of carbonyl (C=O) groups is 2. The molecule has 2 aliphatic heterocycles. The summed E-state index contributed by atoms with van der Waals surface area (Å²) in [5, 5.41) is 6.39. The molecule has 3 fully saturated rings. The summed E-state index contributed by atoms with van der Waals surface area (Å²) < 4.78 is 0. The lowest BCUT2D eigenvalue weighted by Crippen LogP contribution is -2.48. The van der Waals surface area contributed by atoms with Crippen molar-refractivity contribution in [2.75, 3.05) is 26.2 Å². The van der Waals surface area contributed by atoms with Crippen molar-refractivity contribution in [2.45, 2.75) is 84.1 Å². The van der Waals surface area contributed by atoms with E-state index in [-0.39, 0.29) is 30.3 Å². The SMILES string of the molecule is CC(C)C(CC1CCCCC1)C(=O)N1CCCC(CNC(=O)C2CCCN2)C1.Cl. The number of carbonyl (C=O) groups excluding carboxylic acids is 2. The first kappa shape index (κ1) is 24.5. The number of piperidine rings is 1. The van der Waals surface area contributed by atoms with Gasteiger partial charge in [0.05, 0.1) is 6.04 Å². The summed E-state index contributed by atoms with van der Waals surface area (Å²) >= 11 is 0. The van der Waals surface area contributed by atoms with Gasteiger partial charge in [0.25, 0.3) is 0 Å². The van der Waals surface area contributed by atoms with Gasteiger partial charge in [0.1, 0.15) is 0 Å². The molecule has 3 unspecified atom stereocenters. The lowest BCUT2D eigenvalue weighted by Gasteiger charge is -2.37. The molecule has 168 valence electrons. The fourth-order valence-corrected chi connectivity index (χ4v) is 5.38. The first-order valence-electron chi connectivity index (χ1n) is 11.8. The predicted molar refractivity (Wildman–Crippen MR) is 120 cm³/mol. The molecular weight excluding hydrogens is 386 g/mol. The summed E-state index contributed by atoms with van der Waals surface area (Å²) in [6, 6.07) is -0.0119. The second kappa shape index (κ2) is 12.1. The first-order valence-corrected chi connectivity index (χ1v) is 11.8. The van der Waals surface area contributed by atoms with Crippen LogP contribution in [0.4, 0.5) is 0 Å². The average Bonchev–Trinajstić information content (AvgIpc) is 3.25. The average molecular weight is 428 g/mol. The second-order valence-electron chi connectivity index (χ2n) is 9.78. The lowest BCUT2D eigenvalue weighted by atomic mass is 9.78. The minimum Gasteiger partial charge on any atom is -0.354 e. The standard InChI is InChI=1S/C23H41N3O2.ClH/c1-17(2)20(14-18-8-4-3-5-9-18)23(28)26-13-7-10-19(16-26)15-25-22(27)21-11-6-12-24-21;/h17-21,24H,3-16H2,1-2H3,(H,25,27);1H. The Bertz CT molecular complexity index is 516. The minimum atomic E-state index is -0.0119. The lowest BCUT2D eigenvalue weighted by molar-refractivity contribution is -0.139. The van der Waals surface area contributed by atoms with Gasteiger partial charge in [0, 0.05) is 25.6 Å². The molecular formula is C23H42ClN3O2. The highest BCUT2D eigenvalue weighted by molar-refractivity contribution is 5.85. The molecule has 0 aromatic carbocycles. The molecule has 0 radical (unpaired) electrons. The van der Waals surface area contributed by atoms with Gasteiger partial charge in [-0.25, -0.2) is 0 Å². The van der Waals surface area contributed by atoms with Crippen molar-refractivity contribution in [3.63, 3.8) is 0 Å². The van der Waals surface area contributed by atoms with Gasteiger partial charge in [0.15, 0.2) is 0 Å². The smallest absolute Gasteiger partial charge is 0.237 e. The van der Waals surface area contributed by atoms with Gasteiger partial charge >= 0.3 is 0 Å². The highest BCUT2D eigenvalue weighted by atomic mass is 35.5. The van der Waals surface area contributed by atoms with Crippen LogP contribution in [0.5, 0.6) is 0 Å². The monoisotopic (exact) mass is 427 g/mol. The van der Waals surface area contributed by atoms with Crippen LogP contribution in [0.25, 0.3) is 0 Å². The van der Waals surface area contributed by atoms with Crippen molar-refractivity contribution in [3.05, 3.63) is 0 Å². The fourth-order valence-electron chi connectivity index (χ4n) is 5.38. The number of hydrogen-bond acceptors (Lipinski definition) is 3. The van der Waals surface area contributed by atoms with E-state index in [1.54, 1.807) is 0 Å². The van der Waals surface area contributed by atoms with Gasteiger partial charge < -0.3 is 15.5 Å². The Labute approximate surface area is 183 Å². The van der Waals surface area contributed by atoms with Crippen LogP contribution >= 0.6 is 12.4 Å². The maximum absolute atomic E-state index is 13.3. The molecule has 0 spiro atoms. The molecule has 1 saturated carbocycles. The molecule has 2 amide bonds. The largest absolute Gasteiger partial charge is 0.354 e. The van der Waals surface area contributed by atoms with Crippen LogP contribution in [0.3, 0.4) is 0 Å². The number of likely N-dealkylation sites (tertiary alicyclic amines) is 1. The van der Waals surface area contributed by atoms with Gasteiger partial charge in [0.2, 0.25) is 11.8 Å². The molecule has 2 saturated heterocycles. The molecule has 2 N–H and O–H groups in total. The zero-order chi connectivity index (χ0) is 19.9. The Morgan fingerprint density at radius 2 is 1.72 bits per heavy atom.